The van der Waals surface area contributed by atoms with Crippen LogP contribution in [-0.2, 0) is 5.75 Å². The normalized spacial score (nSPS) is 10.8. The van der Waals surface area contributed by atoms with Crippen molar-refractivity contribution < 1.29 is 9.47 Å². The summed E-state index contributed by atoms with van der Waals surface area (Å²) >= 11 is 1.67. The Balaban J connectivity index is 1.79. The SMILES string of the molecule is COc1cc(OC)cc(-c2nnc(SCc3ccc(C)cc3)n2-c2ccccc2C)c1. The lowest BCUT2D eigenvalue weighted by molar-refractivity contribution is 0.394. The number of ether oxygens (including phenoxy) is 2. The highest BCUT2D eigenvalue weighted by Gasteiger charge is 2.19. The fourth-order valence-corrected chi connectivity index (χ4v) is 4.25. The first-order valence-corrected chi connectivity index (χ1v) is 11.0. The Bertz CT molecular complexity index is 1160. The van der Waals surface area contributed by atoms with E-state index in [9.17, 15) is 0 Å². The van der Waals surface area contributed by atoms with Gasteiger partial charge in [-0.25, -0.2) is 0 Å². The van der Waals surface area contributed by atoms with Gasteiger partial charge in [-0.3, -0.25) is 4.57 Å². The third-order valence-corrected chi connectivity index (χ3v) is 6.09. The van der Waals surface area contributed by atoms with Gasteiger partial charge in [0.25, 0.3) is 0 Å². The molecule has 158 valence electrons. The Morgan fingerprint density at radius 2 is 1.52 bits per heavy atom. The van der Waals surface area contributed by atoms with Gasteiger partial charge in [0.2, 0.25) is 0 Å². The number of nitrogens with zero attached hydrogens (tertiary/aromatic N) is 3. The predicted octanol–water partition coefficient (Wildman–Crippen LogP) is 5.86. The van der Waals surface area contributed by atoms with Crippen molar-refractivity contribution in [2.75, 3.05) is 14.2 Å². The molecule has 0 unspecified atom stereocenters. The van der Waals surface area contributed by atoms with Gasteiger partial charge in [-0.2, -0.15) is 0 Å². The molecule has 5 nitrogen and oxygen atoms in total. The van der Waals surface area contributed by atoms with Gasteiger partial charge >= 0.3 is 0 Å². The van der Waals surface area contributed by atoms with Crippen LogP contribution >= 0.6 is 11.8 Å². The minimum atomic E-state index is 0.711. The van der Waals surface area contributed by atoms with E-state index in [0.717, 1.165) is 33.5 Å². The summed E-state index contributed by atoms with van der Waals surface area (Å²) in [7, 11) is 3.29. The van der Waals surface area contributed by atoms with Crippen molar-refractivity contribution >= 4 is 11.8 Å². The van der Waals surface area contributed by atoms with Gasteiger partial charge in [0, 0.05) is 17.4 Å². The molecule has 4 rings (SSSR count). The molecule has 3 aromatic carbocycles. The first kappa shape index (κ1) is 21.0. The Hall–Kier alpha value is -3.25. The standard InChI is InChI=1S/C25H25N3O2S/c1-17-9-11-19(12-10-17)16-31-25-27-26-24(28(25)23-8-6-5-7-18(23)2)20-13-21(29-3)15-22(14-20)30-4/h5-15H,16H2,1-4H3. The van der Waals surface area contributed by atoms with Crippen LogP contribution in [0.1, 0.15) is 16.7 Å². The number of aryl methyl sites for hydroxylation is 2. The van der Waals surface area contributed by atoms with Crippen LogP contribution in [-0.4, -0.2) is 29.0 Å². The van der Waals surface area contributed by atoms with Crippen molar-refractivity contribution in [3.05, 3.63) is 83.4 Å². The summed E-state index contributed by atoms with van der Waals surface area (Å²) in [4.78, 5) is 0. The summed E-state index contributed by atoms with van der Waals surface area (Å²) in [5.74, 6) is 2.98. The molecule has 31 heavy (non-hydrogen) atoms. The molecule has 0 spiro atoms. The number of benzene rings is 3. The van der Waals surface area contributed by atoms with Crippen LogP contribution in [0.15, 0.2) is 71.9 Å². The van der Waals surface area contributed by atoms with E-state index in [1.807, 2.05) is 30.3 Å². The summed E-state index contributed by atoms with van der Waals surface area (Å²) in [6, 6.07) is 22.6. The molecule has 0 fully saturated rings. The monoisotopic (exact) mass is 431 g/mol. The molecule has 1 heterocycles. The Kier molecular flexibility index (Phi) is 6.28. The quantitative estimate of drug-likeness (QED) is 0.343. The number of para-hydroxylation sites is 1. The molecule has 6 heteroatoms. The maximum absolute atomic E-state index is 5.47. The van der Waals surface area contributed by atoms with Crippen LogP contribution in [0.4, 0.5) is 0 Å². The van der Waals surface area contributed by atoms with Crippen molar-refractivity contribution in [3.63, 3.8) is 0 Å². The molecule has 0 aliphatic heterocycles. The average molecular weight is 432 g/mol. The summed E-state index contributed by atoms with van der Waals surface area (Å²) in [5, 5.41) is 9.95. The van der Waals surface area contributed by atoms with E-state index in [1.54, 1.807) is 26.0 Å². The molecule has 0 atom stereocenters. The largest absolute Gasteiger partial charge is 0.497 e. The summed E-state index contributed by atoms with van der Waals surface area (Å²) < 4.78 is 13.0. The lowest BCUT2D eigenvalue weighted by Gasteiger charge is -2.14. The van der Waals surface area contributed by atoms with Crippen molar-refractivity contribution in [2.45, 2.75) is 24.8 Å². The fourth-order valence-electron chi connectivity index (χ4n) is 3.35. The van der Waals surface area contributed by atoms with Crippen LogP contribution in [0.3, 0.4) is 0 Å². The number of hydrogen-bond acceptors (Lipinski definition) is 5. The topological polar surface area (TPSA) is 49.2 Å². The molecule has 1 aromatic heterocycles. The zero-order valence-electron chi connectivity index (χ0n) is 18.1. The van der Waals surface area contributed by atoms with Crippen LogP contribution in [0.25, 0.3) is 17.1 Å². The van der Waals surface area contributed by atoms with E-state index in [-0.39, 0.29) is 0 Å². The fraction of sp³-hybridized carbons (Fsp3) is 0.200. The number of rotatable bonds is 7. The van der Waals surface area contributed by atoms with Crippen molar-refractivity contribution in [1.82, 2.24) is 14.8 Å². The van der Waals surface area contributed by atoms with Crippen LogP contribution < -0.4 is 9.47 Å². The maximum Gasteiger partial charge on any atom is 0.196 e. The average Bonchev–Trinajstić information content (AvgIpc) is 3.22. The predicted molar refractivity (Wildman–Crippen MR) is 125 cm³/mol. The third-order valence-electron chi connectivity index (χ3n) is 5.09. The number of methoxy groups -OCH3 is 2. The van der Waals surface area contributed by atoms with Crippen LogP contribution in [0.5, 0.6) is 11.5 Å². The highest BCUT2D eigenvalue weighted by Crippen LogP contribution is 2.34. The Morgan fingerprint density at radius 3 is 2.16 bits per heavy atom. The van der Waals surface area contributed by atoms with Gasteiger partial charge < -0.3 is 9.47 Å². The molecule has 4 aromatic rings. The molecule has 0 N–H and O–H groups in total. The van der Waals surface area contributed by atoms with Crippen molar-refractivity contribution in [1.29, 1.82) is 0 Å². The summed E-state index contributed by atoms with van der Waals surface area (Å²) in [5.41, 5.74) is 5.59. The van der Waals surface area contributed by atoms with Gasteiger partial charge in [-0.15, -0.1) is 10.2 Å². The zero-order valence-corrected chi connectivity index (χ0v) is 18.9. The summed E-state index contributed by atoms with van der Waals surface area (Å²) in [6.45, 7) is 4.19. The maximum atomic E-state index is 5.47. The van der Waals surface area contributed by atoms with Gasteiger partial charge in [0.05, 0.1) is 19.9 Å². The molecule has 0 saturated carbocycles. The third kappa shape index (κ3) is 4.59. The second-order valence-electron chi connectivity index (χ2n) is 7.30. The van der Waals surface area contributed by atoms with E-state index >= 15 is 0 Å². The molecule has 0 radical (unpaired) electrons. The molecule has 0 amide bonds. The Morgan fingerprint density at radius 1 is 0.839 bits per heavy atom. The van der Waals surface area contributed by atoms with Gasteiger partial charge in [0.1, 0.15) is 11.5 Å². The number of aromatic nitrogens is 3. The molecular weight excluding hydrogens is 406 g/mol. The molecule has 0 saturated heterocycles. The van der Waals surface area contributed by atoms with E-state index in [0.29, 0.717) is 11.5 Å². The first-order chi connectivity index (χ1) is 15.1. The van der Waals surface area contributed by atoms with Crippen molar-refractivity contribution in [3.8, 4) is 28.6 Å². The molecular formula is C25H25N3O2S. The minimum absolute atomic E-state index is 0.711. The van der Waals surface area contributed by atoms with E-state index < -0.39 is 0 Å². The van der Waals surface area contributed by atoms with E-state index in [2.05, 4.69) is 65.0 Å². The van der Waals surface area contributed by atoms with Gasteiger partial charge in [-0.05, 0) is 43.2 Å². The molecule has 0 aliphatic rings. The van der Waals surface area contributed by atoms with Crippen LogP contribution in [0, 0.1) is 13.8 Å². The smallest absolute Gasteiger partial charge is 0.196 e. The number of hydrogen-bond donors (Lipinski definition) is 0. The zero-order chi connectivity index (χ0) is 21.8. The van der Waals surface area contributed by atoms with E-state index in [4.69, 9.17) is 9.47 Å². The van der Waals surface area contributed by atoms with Crippen molar-refractivity contribution in [2.24, 2.45) is 0 Å². The lowest BCUT2D eigenvalue weighted by atomic mass is 10.1. The minimum Gasteiger partial charge on any atom is -0.497 e. The second kappa shape index (κ2) is 9.27. The molecule has 0 bridgehead atoms. The summed E-state index contributed by atoms with van der Waals surface area (Å²) in [6.07, 6.45) is 0. The first-order valence-electron chi connectivity index (χ1n) is 10.0. The van der Waals surface area contributed by atoms with Gasteiger partial charge in [0.15, 0.2) is 11.0 Å². The Labute approximate surface area is 187 Å². The highest BCUT2D eigenvalue weighted by atomic mass is 32.2. The second-order valence-corrected chi connectivity index (χ2v) is 8.25. The lowest BCUT2D eigenvalue weighted by Crippen LogP contribution is -2.02. The number of thioether (sulfide) groups is 1. The van der Waals surface area contributed by atoms with Crippen LogP contribution in [0.2, 0.25) is 0 Å². The highest BCUT2D eigenvalue weighted by molar-refractivity contribution is 7.98. The molecule has 0 aliphatic carbocycles. The van der Waals surface area contributed by atoms with E-state index in [1.165, 1.54) is 11.1 Å². The van der Waals surface area contributed by atoms with Gasteiger partial charge in [-0.1, -0.05) is 59.8 Å².